The maximum absolute atomic E-state index is 12.5. The molecule has 1 amide bonds. The fourth-order valence-electron chi connectivity index (χ4n) is 2.89. The minimum absolute atomic E-state index is 0.141. The Balaban J connectivity index is 2.21. The van der Waals surface area contributed by atoms with Crippen molar-refractivity contribution in [1.82, 2.24) is 4.90 Å². The number of benzene rings is 1. The molecule has 1 aliphatic rings. The van der Waals surface area contributed by atoms with Crippen molar-refractivity contribution in [2.75, 3.05) is 26.0 Å². The zero-order valence-corrected chi connectivity index (χ0v) is 12.5. The van der Waals surface area contributed by atoms with Crippen LogP contribution in [-0.4, -0.2) is 36.4 Å². The number of carbonyl (C=O) groups is 1. The Hall–Kier alpha value is -2.11. The highest BCUT2D eigenvalue weighted by molar-refractivity contribution is 5.99. The number of nitrogens with one attached hydrogen (secondary N) is 1. The van der Waals surface area contributed by atoms with Crippen LogP contribution in [-0.2, 0) is 0 Å². The molecule has 0 atom stereocenters. The van der Waals surface area contributed by atoms with Crippen molar-refractivity contribution in [3.8, 4) is 0 Å². The average molecular weight is 291 g/mol. The normalized spacial score (nSPS) is 15.0. The topological polar surface area (TPSA) is 75.5 Å². The van der Waals surface area contributed by atoms with Gasteiger partial charge in [0.1, 0.15) is 5.56 Å². The second-order valence-electron chi connectivity index (χ2n) is 5.58. The number of nitro groups is 1. The lowest BCUT2D eigenvalue weighted by Crippen LogP contribution is -2.31. The van der Waals surface area contributed by atoms with E-state index in [1.54, 1.807) is 31.1 Å². The highest BCUT2D eigenvalue weighted by Gasteiger charge is 2.25. The maximum atomic E-state index is 12.5. The summed E-state index contributed by atoms with van der Waals surface area (Å²) in [6.07, 6.45) is 4.69. The van der Waals surface area contributed by atoms with Crippen molar-refractivity contribution in [1.29, 1.82) is 0 Å². The minimum atomic E-state index is -0.504. The molecule has 2 rings (SSSR count). The van der Waals surface area contributed by atoms with E-state index in [1.807, 2.05) is 0 Å². The number of carbonyl (C=O) groups excluding carboxylic acids is 1. The van der Waals surface area contributed by atoms with Gasteiger partial charge in [0.15, 0.2) is 0 Å². The molecule has 6 heteroatoms. The van der Waals surface area contributed by atoms with Crippen molar-refractivity contribution in [2.24, 2.45) is 5.92 Å². The monoisotopic (exact) mass is 291 g/mol. The van der Waals surface area contributed by atoms with Crippen LogP contribution in [0.3, 0.4) is 0 Å². The van der Waals surface area contributed by atoms with Crippen LogP contribution in [0, 0.1) is 16.0 Å². The van der Waals surface area contributed by atoms with E-state index < -0.39 is 4.92 Å². The molecule has 1 fully saturated rings. The molecule has 0 spiro atoms. The summed E-state index contributed by atoms with van der Waals surface area (Å²) in [6.45, 7) is 0.666. The highest BCUT2D eigenvalue weighted by Crippen LogP contribution is 2.27. The molecule has 21 heavy (non-hydrogen) atoms. The highest BCUT2D eigenvalue weighted by atomic mass is 16.6. The number of hydrogen-bond acceptors (Lipinski definition) is 4. The van der Waals surface area contributed by atoms with Gasteiger partial charge in [-0.2, -0.15) is 0 Å². The molecule has 1 aliphatic carbocycles. The fourth-order valence-corrected chi connectivity index (χ4v) is 2.89. The number of rotatable bonds is 5. The number of nitro benzene ring substituents is 1. The van der Waals surface area contributed by atoms with Crippen molar-refractivity contribution >= 4 is 17.3 Å². The van der Waals surface area contributed by atoms with Gasteiger partial charge in [0.25, 0.3) is 11.6 Å². The van der Waals surface area contributed by atoms with E-state index in [-0.39, 0.29) is 17.2 Å². The molecular formula is C15H21N3O3. The van der Waals surface area contributed by atoms with Gasteiger partial charge in [-0.15, -0.1) is 0 Å². The molecule has 0 unspecified atom stereocenters. The van der Waals surface area contributed by atoms with Crippen LogP contribution in [0.25, 0.3) is 0 Å². The van der Waals surface area contributed by atoms with Gasteiger partial charge in [-0.1, -0.05) is 12.8 Å². The first kappa shape index (κ1) is 15.3. The van der Waals surface area contributed by atoms with E-state index in [0.29, 0.717) is 18.2 Å². The Kier molecular flexibility index (Phi) is 4.77. The van der Waals surface area contributed by atoms with Gasteiger partial charge in [0.05, 0.1) is 4.92 Å². The Morgan fingerprint density at radius 2 is 2.10 bits per heavy atom. The van der Waals surface area contributed by atoms with E-state index in [2.05, 4.69) is 5.32 Å². The molecule has 1 N–H and O–H groups in total. The predicted molar refractivity (Wildman–Crippen MR) is 81.6 cm³/mol. The first-order chi connectivity index (χ1) is 10.0. The van der Waals surface area contributed by atoms with Gasteiger partial charge in [0, 0.05) is 32.4 Å². The van der Waals surface area contributed by atoms with E-state index in [9.17, 15) is 14.9 Å². The summed E-state index contributed by atoms with van der Waals surface area (Å²) in [5.74, 6) is 0.233. The Morgan fingerprint density at radius 3 is 2.67 bits per heavy atom. The molecule has 0 aliphatic heterocycles. The van der Waals surface area contributed by atoms with Gasteiger partial charge in [0.2, 0.25) is 0 Å². The maximum Gasteiger partial charge on any atom is 0.282 e. The number of anilines is 1. The summed E-state index contributed by atoms with van der Waals surface area (Å²) >= 11 is 0. The molecule has 114 valence electrons. The quantitative estimate of drug-likeness (QED) is 0.668. The molecule has 0 saturated heterocycles. The SMILES string of the molecule is CNc1ccc([N+](=O)[O-])c(C(=O)N(C)CC2CCCC2)c1. The lowest BCUT2D eigenvalue weighted by atomic mass is 10.1. The second kappa shape index (κ2) is 6.56. The van der Waals surface area contributed by atoms with Crippen LogP contribution >= 0.6 is 0 Å². The summed E-state index contributed by atoms with van der Waals surface area (Å²) in [7, 11) is 3.44. The van der Waals surface area contributed by atoms with Crippen molar-refractivity contribution in [3.05, 3.63) is 33.9 Å². The lowest BCUT2D eigenvalue weighted by Gasteiger charge is -2.21. The summed E-state index contributed by atoms with van der Waals surface area (Å²) in [6, 6.07) is 4.53. The zero-order valence-electron chi connectivity index (χ0n) is 12.5. The third kappa shape index (κ3) is 3.51. The first-order valence-electron chi connectivity index (χ1n) is 7.24. The lowest BCUT2D eigenvalue weighted by molar-refractivity contribution is -0.385. The Bertz CT molecular complexity index is 539. The molecule has 0 bridgehead atoms. The second-order valence-corrected chi connectivity index (χ2v) is 5.58. The van der Waals surface area contributed by atoms with Gasteiger partial charge < -0.3 is 10.2 Å². The van der Waals surface area contributed by atoms with Gasteiger partial charge in [-0.25, -0.2) is 0 Å². The average Bonchev–Trinajstić information content (AvgIpc) is 2.98. The van der Waals surface area contributed by atoms with E-state index >= 15 is 0 Å². The predicted octanol–water partition coefficient (Wildman–Crippen LogP) is 2.90. The van der Waals surface area contributed by atoms with Crippen molar-refractivity contribution in [3.63, 3.8) is 0 Å². The summed E-state index contributed by atoms with van der Waals surface area (Å²) in [4.78, 5) is 24.7. The fraction of sp³-hybridized carbons (Fsp3) is 0.533. The van der Waals surface area contributed by atoms with E-state index in [1.165, 1.54) is 18.9 Å². The Labute approximate surface area is 124 Å². The molecule has 1 aromatic carbocycles. The third-order valence-electron chi connectivity index (χ3n) is 4.07. The van der Waals surface area contributed by atoms with Crippen LogP contribution < -0.4 is 5.32 Å². The van der Waals surface area contributed by atoms with E-state index in [0.717, 1.165) is 12.8 Å². The van der Waals surface area contributed by atoms with E-state index in [4.69, 9.17) is 0 Å². The number of amides is 1. The smallest absolute Gasteiger partial charge is 0.282 e. The number of hydrogen-bond donors (Lipinski definition) is 1. The molecule has 0 radical (unpaired) electrons. The van der Waals surface area contributed by atoms with Crippen LogP contribution in [0.5, 0.6) is 0 Å². The Morgan fingerprint density at radius 1 is 1.43 bits per heavy atom. The third-order valence-corrected chi connectivity index (χ3v) is 4.07. The standard InChI is InChI=1S/C15H21N3O3/c1-16-12-7-8-14(18(20)21)13(9-12)15(19)17(2)10-11-5-3-4-6-11/h7-9,11,16H,3-6,10H2,1-2H3. The van der Waals surface area contributed by atoms with Gasteiger partial charge in [-0.05, 0) is 30.9 Å². The molecule has 6 nitrogen and oxygen atoms in total. The van der Waals surface area contributed by atoms with Crippen molar-refractivity contribution < 1.29 is 9.72 Å². The molecule has 0 heterocycles. The van der Waals surface area contributed by atoms with Crippen LogP contribution in [0.1, 0.15) is 36.0 Å². The molecule has 1 saturated carbocycles. The van der Waals surface area contributed by atoms with Crippen LogP contribution in [0.4, 0.5) is 11.4 Å². The summed E-state index contributed by atoms with van der Waals surface area (Å²) in [5, 5.41) is 14.0. The first-order valence-corrected chi connectivity index (χ1v) is 7.24. The molecular weight excluding hydrogens is 270 g/mol. The summed E-state index contributed by atoms with van der Waals surface area (Å²) < 4.78 is 0. The largest absolute Gasteiger partial charge is 0.388 e. The zero-order chi connectivity index (χ0) is 15.4. The molecule has 1 aromatic rings. The van der Waals surface area contributed by atoms with Gasteiger partial charge in [-0.3, -0.25) is 14.9 Å². The number of nitrogens with zero attached hydrogens (tertiary/aromatic N) is 2. The summed E-state index contributed by atoms with van der Waals surface area (Å²) in [5.41, 5.74) is 0.697. The minimum Gasteiger partial charge on any atom is -0.388 e. The molecule has 0 aromatic heterocycles. The van der Waals surface area contributed by atoms with Crippen molar-refractivity contribution in [2.45, 2.75) is 25.7 Å². The van der Waals surface area contributed by atoms with Crippen LogP contribution in [0.2, 0.25) is 0 Å². The van der Waals surface area contributed by atoms with Crippen LogP contribution in [0.15, 0.2) is 18.2 Å². The van der Waals surface area contributed by atoms with Gasteiger partial charge >= 0.3 is 0 Å².